The van der Waals surface area contributed by atoms with Gasteiger partial charge < -0.3 is 9.47 Å². The van der Waals surface area contributed by atoms with Crippen molar-refractivity contribution in [1.82, 2.24) is 9.47 Å². The quantitative estimate of drug-likeness (QED) is 0.822. The van der Waals surface area contributed by atoms with Crippen LogP contribution in [0.2, 0.25) is 0 Å². The molecule has 0 saturated carbocycles. The van der Waals surface area contributed by atoms with Crippen molar-refractivity contribution in [2.45, 2.75) is 25.4 Å². The summed E-state index contributed by atoms with van der Waals surface area (Å²) >= 11 is 3.55. The van der Waals surface area contributed by atoms with Gasteiger partial charge in [0.25, 0.3) is 0 Å². The van der Waals surface area contributed by atoms with Gasteiger partial charge in [-0.2, -0.15) is 0 Å². The molecule has 0 N–H and O–H groups in total. The van der Waals surface area contributed by atoms with Gasteiger partial charge in [0.2, 0.25) is 0 Å². The number of benzene rings is 1. The molecule has 2 aromatic rings. The van der Waals surface area contributed by atoms with Crippen LogP contribution >= 0.6 is 15.9 Å². The Morgan fingerprint density at radius 2 is 2.24 bits per heavy atom. The molecule has 1 unspecified atom stereocenters. The maximum Gasteiger partial charge on any atom is 0.0492 e. The van der Waals surface area contributed by atoms with Gasteiger partial charge in [-0.3, -0.25) is 0 Å². The molecule has 1 aliphatic rings. The molecule has 1 fully saturated rings. The van der Waals surface area contributed by atoms with Crippen LogP contribution in [0.15, 0.2) is 34.9 Å². The zero-order valence-electron chi connectivity index (χ0n) is 10.1. The van der Waals surface area contributed by atoms with E-state index in [1.54, 1.807) is 0 Å². The van der Waals surface area contributed by atoms with Gasteiger partial charge in [0.1, 0.15) is 0 Å². The molecule has 1 aliphatic heterocycles. The highest BCUT2D eigenvalue weighted by molar-refractivity contribution is 9.10. The van der Waals surface area contributed by atoms with Gasteiger partial charge in [0.05, 0.1) is 0 Å². The van der Waals surface area contributed by atoms with Crippen LogP contribution < -0.4 is 0 Å². The lowest BCUT2D eigenvalue weighted by molar-refractivity contribution is 0.284. The topological polar surface area (TPSA) is 8.17 Å². The lowest BCUT2D eigenvalue weighted by Gasteiger charge is -2.20. The van der Waals surface area contributed by atoms with Crippen LogP contribution in [0, 0.1) is 0 Å². The summed E-state index contributed by atoms with van der Waals surface area (Å²) in [6, 6.07) is 9.40. The first-order chi connectivity index (χ1) is 8.24. The first-order valence-electron chi connectivity index (χ1n) is 6.19. The largest absolute Gasteiger partial charge is 0.346 e. The number of likely N-dealkylation sites (tertiary alicyclic amines) is 1. The number of hydrogen-bond acceptors (Lipinski definition) is 1. The van der Waals surface area contributed by atoms with Crippen LogP contribution in [0.25, 0.3) is 10.9 Å². The van der Waals surface area contributed by atoms with E-state index in [-0.39, 0.29) is 0 Å². The second kappa shape index (κ2) is 4.46. The average molecular weight is 293 g/mol. The van der Waals surface area contributed by atoms with Crippen LogP contribution in [-0.4, -0.2) is 29.1 Å². The fraction of sp³-hybridized carbons (Fsp3) is 0.429. The molecule has 0 radical (unpaired) electrons. The molecule has 3 heteroatoms. The Bertz CT molecular complexity index is 532. The molecular formula is C14H17BrN2. The van der Waals surface area contributed by atoms with Crippen molar-refractivity contribution in [3.63, 3.8) is 0 Å². The molecule has 0 aliphatic carbocycles. The van der Waals surface area contributed by atoms with Gasteiger partial charge in [0, 0.05) is 28.8 Å². The minimum absolute atomic E-state index is 0.699. The molecule has 17 heavy (non-hydrogen) atoms. The van der Waals surface area contributed by atoms with Gasteiger partial charge >= 0.3 is 0 Å². The van der Waals surface area contributed by atoms with E-state index in [0.717, 1.165) is 11.0 Å². The Kier molecular flexibility index (Phi) is 2.97. The second-order valence-corrected chi connectivity index (χ2v) is 5.86. The first-order valence-corrected chi connectivity index (χ1v) is 6.98. The summed E-state index contributed by atoms with van der Waals surface area (Å²) in [5.74, 6) is 0. The number of likely N-dealkylation sites (N-methyl/N-ethyl adjacent to an activating group) is 1. The fourth-order valence-electron chi connectivity index (χ4n) is 2.75. The molecule has 1 atom stereocenters. The minimum Gasteiger partial charge on any atom is -0.346 e. The molecule has 90 valence electrons. The second-order valence-electron chi connectivity index (χ2n) is 4.95. The molecule has 1 saturated heterocycles. The molecule has 1 aromatic heterocycles. The molecule has 1 aromatic carbocycles. The monoisotopic (exact) mass is 292 g/mol. The van der Waals surface area contributed by atoms with E-state index in [4.69, 9.17) is 0 Å². The van der Waals surface area contributed by atoms with E-state index < -0.39 is 0 Å². The van der Waals surface area contributed by atoms with Crippen molar-refractivity contribution in [2.24, 2.45) is 0 Å². The van der Waals surface area contributed by atoms with Crippen LogP contribution in [0.3, 0.4) is 0 Å². The van der Waals surface area contributed by atoms with E-state index in [9.17, 15) is 0 Å². The zero-order valence-corrected chi connectivity index (χ0v) is 11.7. The Balaban J connectivity index is 1.92. The van der Waals surface area contributed by atoms with E-state index in [1.165, 1.54) is 30.3 Å². The number of halogens is 1. The van der Waals surface area contributed by atoms with Gasteiger partial charge in [-0.1, -0.05) is 22.0 Å². The summed E-state index contributed by atoms with van der Waals surface area (Å²) in [6.45, 7) is 2.35. The minimum atomic E-state index is 0.699. The van der Waals surface area contributed by atoms with Crippen molar-refractivity contribution in [2.75, 3.05) is 13.6 Å². The number of fused-ring (bicyclic) bond motifs is 1. The Morgan fingerprint density at radius 3 is 3.00 bits per heavy atom. The molecule has 0 bridgehead atoms. The van der Waals surface area contributed by atoms with Crippen molar-refractivity contribution in [1.29, 1.82) is 0 Å². The van der Waals surface area contributed by atoms with Crippen molar-refractivity contribution in [3.8, 4) is 0 Å². The lowest BCUT2D eigenvalue weighted by Crippen LogP contribution is -2.28. The number of rotatable bonds is 2. The van der Waals surface area contributed by atoms with Crippen molar-refractivity contribution >= 4 is 26.8 Å². The zero-order chi connectivity index (χ0) is 11.8. The number of nitrogens with zero attached hydrogens (tertiary/aromatic N) is 2. The highest BCUT2D eigenvalue weighted by atomic mass is 79.9. The summed E-state index contributed by atoms with van der Waals surface area (Å²) in [5, 5.41) is 1.33. The van der Waals surface area contributed by atoms with Gasteiger partial charge in [-0.05, 0) is 50.0 Å². The Hall–Kier alpha value is -0.800. The van der Waals surface area contributed by atoms with E-state index >= 15 is 0 Å². The van der Waals surface area contributed by atoms with Crippen LogP contribution in [0.5, 0.6) is 0 Å². The standard InChI is InChI=1S/C14H17BrN2/c1-16-7-2-3-13(16)10-17-8-6-11-4-5-12(15)9-14(11)17/h4-6,8-9,13H,2-3,7,10H2,1H3. The Morgan fingerprint density at radius 1 is 1.35 bits per heavy atom. The van der Waals surface area contributed by atoms with Gasteiger partial charge in [-0.15, -0.1) is 0 Å². The predicted octanol–water partition coefficient (Wildman–Crippen LogP) is 3.50. The summed E-state index contributed by atoms with van der Waals surface area (Å²) in [4.78, 5) is 2.48. The van der Waals surface area contributed by atoms with E-state index in [2.05, 4.69) is 62.9 Å². The van der Waals surface area contributed by atoms with E-state index in [1.807, 2.05) is 0 Å². The van der Waals surface area contributed by atoms with E-state index in [0.29, 0.717) is 6.04 Å². The highest BCUT2D eigenvalue weighted by Crippen LogP contribution is 2.23. The highest BCUT2D eigenvalue weighted by Gasteiger charge is 2.21. The molecule has 2 heterocycles. The van der Waals surface area contributed by atoms with Gasteiger partial charge in [0.15, 0.2) is 0 Å². The third kappa shape index (κ3) is 2.14. The summed E-state index contributed by atoms with van der Waals surface area (Å²) in [7, 11) is 2.24. The summed E-state index contributed by atoms with van der Waals surface area (Å²) in [5.41, 5.74) is 1.33. The summed E-state index contributed by atoms with van der Waals surface area (Å²) in [6.07, 6.45) is 4.87. The first kappa shape index (κ1) is 11.3. The number of hydrogen-bond donors (Lipinski definition) is 0. The Labute approximate surface area is 110 Å². The van der Waals surface area contributed by atoms with Crippen molar-refractivity contribution < 1.29 is 0 Å². The van der Waals surface area contributed by atoms with Crippen LogP contribution in [-0.2, 0) is 6.54 Å². The maximum atomic E-state index is 3.55. The maximum absolute atomic E-state index is 3.55. The predicted molar refractivity (Wildman–Crippen MR) is 75.3 cm³/mol. The average Bonchev–Trinajstić information content (AvgIpc) is 2.88. The number of aromatic nitrogens is 1. The molecule has 2 nitrogen and oxygen atoms in total. The molecular weight excluding hydrogens is 276 g/mol. The SMILES string of the molecule is CN1CCCC1Cn1ccc2ccc(Br)cc21. The smallest absolute Gasteiger partial charge is 0.0492 e. The molecule has 0 amide bonds. The van der Waals surface area contributed by atoms with Crippen LogP contribution in [0.4, 0.5) is 0 Å². The molecule has 0 spiro atoms. The molecule has 3 rings (SSSR count). The normalized spacial score (nSPS) is 21.4. The lowest BCUT2D eigenvalue weighted by atomic mass is 10.2. The fourth-order valence-corrected chi connectivity index (χ4v) is 3.10. The van der Waals surface area contributed by atoms with Gasteiger partial charge in [-0.25, -0.2) is 0 Å². The third-order valence-corrected chi connectivity index (χ3v) is 4.31. The summed E-state index contributed by atoms with van der Waals surface area (Å²) < 4.78 is 3.54. The van der Waals surface area contributed by atoms with Crippen LogP contribution in [0.1, 0.15) is 12.8 Å². The van der Waals surface area contributed by atoms with Crippen molar-refractivity contribution in [3.05, 3.63) is 34.9 Å². The third-order valence-electron chi connectivity index (χ3n) is 3.81.